The molecule has 0 saturated carbocycles. The first-order chi connectivity index (χ1) is 7.63. The van der Waals surface area contributed by atoms with Gasteiger partial charge in [0.1, 0.15) is 5.78 Å². The van der Waals surface area contributed by atoms with Crippen LogP contribution in [0.4, 0.5) is 0 Å². The summed E-state index contributed by atoms with van der Waals surface area (Å²) in [4.78, 5) is 11.8. The highest BCUT2D eigenvalue weighted by atomic mass is 16.1. The lowest BCUT2D eigenvalue weighted by atomic mass is 9.81. The Labute approximate surface area is 108 Å². The van der Waals surface area contributed by atoms with E-state index in [0.717, 1.165) is 37.0 Å². The maximum absolute atomic E-state index is 11.8. The summed E-state index contributed by atoms with van der Waals surface area (Å²) in [6, 6.07) is 0. The van der Waals surface area contributed by atoms with E-state index in [0.29, 0.717) is 5.78 Å². The Bertz CT molecular complexity index is 212. The summed E-state index contributed by atoms with van der Waals surface area (Å²) < 4.78 is 0. The van der Waals surface area contributed by atoms with Gasteiger partial charge in [-0.15, -0.1) is 0 Å². The van der Waals surface area contributed by atoms with Crippen LogP contribution in [0.25, 0.3) is 0 Å². The summed E-state index contributed by atoms with van der Waals surface area (Å²) in [5.41, 5.74) is 0.145. The van der Waals surface area contributed by atoms with Crippen molar-refractivity contribution in [2.24, 2.45) is 23.2 Å². The van der Waals surface area contributed by atoms with Crippen LogP contribution in [0.2, 0.25) is 0 Å². The third-order valence-electron chi connectivity index (χ3n) is 3.43. The number of ketones is 1. The summed E-state index contributed by atoms with van der Waals surface area (Å²) in [6.45, 7) is 15.6. The molecule has 0 atom stereocenters. The average Bonchev–Trinajstić information content (AvgIpc) is 2.07. The molecule has 0 aliphatic heterocycles. The molecule has 0 spiro atoms. The van der Waals surface area contributed by atoms with E-state index in [1.54, 1.807) is 0 Å². The average molecular weight is 240 g/mol. The molecule has 102 valence electrons. The molecule has 0 fully saturated rings. The molecule has 0 aromatic carbocycles. The molecule has 1 heteroatoms. The number of carbonyl (C=O) groups excluding carboxylic acids is 1. The summed E-state index contributed by atoms with van der Waals surface area (Å²) in [7, 11) is 0. The van der Waals surface area contributed by atoms with Crippen molar-refractivity contribution in [3.63, 3.8) is 0 Å². The molecule has 0 bridgehead atoms. The first kappa shape index (κ1) is 16.7. The van der Waals surface area contributed by atoms with Gasteiger partial charge in [0.15, 0.2) is 0 Å². The molecule has 0 aliphatic rings. The molecule has 0 heterocycles. The Balaban J connectivity index is 3.93. The maximum atomic E-state index is 11.8. The monoisotopic (exact) mass is 240 g/mol. The Morgan fingerprint density at radius 2 is 1.47 bits per heavy atom. The van der Waals surface area contributed by atoms with Gasteiger partial charge in [0.05, 0.1) is 0 Å². The van der Waals surface area contributed by atoms with Crippen molar-refractivity contribution in [2.45, 2.75) is 74.1 Å². The van der Waals surface area contributed by atoms with Gasteiger partial charge in [-0.1, -0.05) is 48.5 Å². The molecule has 0 rings (SSSR count). The standard InChI is InChI=1S/C16H32O/c1-12(2)15(13(3)4)10-8-9-14(17)11-16(5,6)7/h12-13,15H,8-11H2,1-7H3. The molecule has 0 unspecified atom stereocenters. The van der Waals surface area contributed by atoms with Gasteiger partial charge in [0.25, 0.3) is 0 Å². The van der Waals surface area contributed by atoms with Crippen molar-refractivity contribution in [2.75, 3.05) is 0 Å². The van der Waals surface area contributed by atoms with Gasteiger partial charge >= 0.3 is 0 Å². The van der Waals surface area contributed by atoms with E-state index >= 15 is 0 Å². The third-order valence-corrected chi connectivity index (χ3v) is 3.43. The third kappa shape index (κ3) is 8.40. The highest BCUT2D eigenvalue weighted by molar-refractivity contribution is 5.78. The van der Waals surface area contributed by atoms with Gasteiger partial charge in [-0.3, -0.25) is 4.79 Å². The van der Waals surface area contributed by atoms with E-state index in [1.807, 2.05) is 0 Å². The summed E-state index contributed by atoms with van der Waals surface area (Å²) in [5, 5.41) is 0. The van der Waals surface area contributed by atoms with Gasteiger partial charge in [0.2, 0.25) is 0 Å². The fraction of sp³-hybridized carbons (Fsp3) is 0.938. The van der Waals surface area contributed by atoms with Crippen LogP contribution < -0.4 is 0 Å². The maximum Gasteiger partial charge on any atom is 0.133 e. The molecule has 17 heavy (non-hydrogen) atoms. The van der Waals surface area contributed by atoms with Crippen LogP contribution in [0.5, 0.6) is 0 Å². The van der Waals surface area contributed by atoms with Crippen LogP contribution in [0.1, 0.15) is 74.1 Å². The second-order valence-electron chi connectivity index (χ2n) is 7.32. The van der Waals surface area contributed by atoms with Gasteiger partial charge in [-0.2, -0.15) is 0 Å². The van der Waals surface area contributed by atoms with Crippen molar-refractivity contribution in [1.29, 1.82) is 0 Å². The zero-order valence-electron chi connectivity index (χ0n) is 13.0. The Morgan fingerprint density at radius 1 is 1.00 bits per heavy atom. The van der Waals surface area contributed by atoms with Crippen LogP contribution in [-0.4, -0.2) is 5.78 Å². The summed E-state index contributed by atoms with van der Waals surface area (Å²) >= 11 is 0. The molecule has 0 aromatic rings. The molecule has 0 N–H and O–H groups in total. The van der Waals surface area contributed by atoms with Crippen molar-refractivity contribution in [1.82, 2.24) is 0 Å². The molecule has 0 amide bonds. The predicted molar refractivity (Wildman–Crippen MR) is 76.1 cm³/mol. The van der Waals surface area contributed by atoms with Gasteiger partial charge in [0, 0.05) is 12.8 Å². The fourth-order valence-electron chi connectivity index (χ4n) is 2.65. The molecule has 0 radical (unpaired) electrons. The van der Waals surface area contributed by atoms with Crippen LogP contribution >= 0.6 is 0 Å². The Hall–Kier alpha value is -0.330. The van der Waals surface area contributed by atoms with Gasteiger partial charge < -0.3 is 0 Å². The Morgan fingerprint density at radius 3 is 1.82 bits per heavy atom. The van der Waals surface area contributed by atoms with Gasteiger partial charge in [-0.05, 0) is 36.0 Å². The molecule has 0 aliphatic carbocycles. The van der Waals surface area contributed by atoms with Gasteiger partial charge in [-0.25, -0.2) is 0 Å². The largest absolute Gasteiger partial charge is 0.300 e. The minimum Gasteiger partial charge on any atom is -0.300 e. The first-order valence-corrected chi connectivity index (χ1v) is 7.15. The molecular weight excluding hydrogens is 208 g/mol. The Kier molecular flexibility index (Phi) is 7.04. The second-order valence-corrected chi connectivity index (χ2v) is 7.32. The normalized spacial score (nSPS) is 12.8. The van der Waals surface area contributed by atoms with Crippen molar-refractivity contribution in [3.05, 3.63) is 0 Å². The number of hydrogen-bond donors (Lipinski definition) is 0. The summed E-state index contributed by atoms with van der Waals surface area (Å²) in [6.07, 6.45) is 3.76. The molecule has 1 nitrogen and oxygen atoms in total. The topological polar surface area (TPSA) is 17.1 Å². The number of carbonyl (C=O) groups is 1. The highest BCUT2D eigenvalue weighted by Crippen LogP contribution is 2.27. The fourth-order valence-corrected chi connectivity index (χ4v) is 2.65. The molecule has 0 aromatic heterocycles. The molecular formula is C16H32O. The minimum absolute atomic E-state index is 0.145. The van der Waals surface area contributed by atoms with Crippen molar-refractivity contribution >= 4 is 5.78 Å². The van der Waals surface area contributed by atoms with E-state index < -0.39 is 0 Å². The number of rotatable bonds is 7. The zero-order valence-corrected chi connectivity index (χ0v) is 13.0. The predicted octanol–water partition coefficient (Wildman–Crippen LogP) is 5.09. The van der Waals surface area contributed by atoms with Crippen LogP contribution in [0, 0.1) is 23.2 Å². The number of Topliss-reactive ketones (excluding diaryl/α,β-unsaturated/α-hetero) is 1. The van der Waals surface area contributed by atoms with Crippen molar-refractivity contribution < 1.29 is 4.79 Å². The summed E-state index contributed by atoms with van der Waals surface area (Å²) in [5.74, 6) is 2.65. The van der Waals surface area contributed by atoms with Crippen LogP contribution in [0.15, 0.2) is 0 Å². The van der Waals surface area contributed by atoms with E-state index in [2.05, 4.69) is 48.5 Å². The first-order valence-electron chi connectivity index (χ1n) is 7.15. The van der Waals surface area contributed by atoms with E-state index in [-0.39, 0.29) is 5.41 Å². The quantitative estimate of drug-likeness (QED) is 0.605. The highest BCUT2D eigenvalue weighted by Gasteiger charge is 2.19. The SMILES string of the molecule is CC(C)C(CCCC(=O)CC(C)(C)C)C(C)C. The van der Waals surface area contributed by atoms with E-state index in [4.69, 9.17) is 0 Å². The van der Waals surface area contributed by atoms with E-state index in [9.17, 15) is 4.79 Å². The molecule has 0 saturated heterocycles. The smallest absolute Gasteiger partial charge is 0.133 e. The number of hydrogen-bond acceptors (Lipinski definition) is 1. The zero-order chi connectivity index (χ0) is 13.6. The van der Waals surface area contributed by atoms with E-state index in [1.165, 1.54) is 6.42 Å². The van der Waals surface area contributed by atoms with Crippen LogP contribution in [-0.2, 0) is 4.79 Å². The second kappa shape index (κ2) is 7.18. The van der Waals surface area contributed by atoms with Crippen LogP contribution in [0.3, 0.4) is 0 Å². The minimum atomic E-state index is 0.145. The lowest BCUT2D eigenvalue weighted by Crippen LogP contribution is -2.17. The van der Waals surface area contributed by atoms with Crippen molar-refractivity contribution in [3.8, 4) is 0 Å². The lowest BCUT2D eigenvalue weighted by Gasteiger charge is -2.25. The lowest BCUT2D eigenvalue weighted by molar-refractivity contribution is -0.120.